The molecule has 2 heterocycles. The third kappa shape index (κ3) is 4.28. The maximum absolute atomic E-state index is 13.3. The van der Waals surface area contributed by atoms with Crippen molar-refractivity contribution in [3.63, 3.8) is 0 Å². The van der Waals surface area contributed by atoms with Crippen molar-refractivity contribution in [1.29, 1.82) is 0 Å². The second-order valence-corrected chi connectivity index (χ2v) is 6.93. The number of ether oxygens (including phenoxy) is 2. The number of oxazole rings is 1. The first kappa shape index (κ1) is 17.9. The first-order valence-corrected chi connectivity index (χ1v) is 9.47. The number of benzene rings is 1. The molecule has 2 aliphatic rings. The summed E-state index contributed by atoms with van der Waals surface area (Å²) in [5.74, 6) is 0.797. The lowest BCUT2D eigenvalue weighted by Crippen LogP contribution is -2.41. The fraction of sp³-hybridized carbons (Fsp3) is 0.429. The maximum Gasteiger partial charge on any atom is 0.276 e. The van der Waals surface area contributed by atoms with Crippen LogP contribution in [0.4, 0.5) is 0 Å². The summed E-state index contributed by atoms with van der Waals surface area (Å²) in [7, 11) is 0. The molecule has 1 atom stereocenters. The summed E-state index contributed by atoms with van der Waals surface area (Å²) < 4.78 is 16.7. The van der Waals surface area contributed by atoms with Gasteiger partial charge in [0.25, 0.3) is 5.91 Å². The molecule has 27 heavy (non-hydrogen) atoms. The van der Waals surface area contributed by atoms with Crippen LogP contribution in [-0.4, -0.2) is 48.4 Å². The number of aromatic nitrogens is 1. The summed E-state index contributed by atoms with van der Waals surface area (Å²) in [6.07, 6.45) is 8.49. The third-order valence-electron chi connectivity index (χ3n) is 5.01. The molecule has 0 bridgehead atoms. The van der Waals surface area contributed by atoms with E-state index in [4.69, 9.17) is 13.9 Å². The molecule has 1 aliphatic heterocycles. The predicted octanol–water partition coefficient (Wildman–Crippen LogP) is 3.51. The van der Waals surface area contributed by atoms with Gasteiger partial charge in [0.05, 0.1) is 19.8 Å². The third-order valence-corrected chi connectivity index (χ3v) is 5.01. The van der Waals surface area contributed by atoms with Crippen molar-refractivity contribution in [1.82, 2.24) is 9.88 Å². The number of hydrogen-bond acceptors (Lipinski definition) is 5. The van der Waals surface area contributed by atoms with Crippen LogP contribution in [0.3, 0.4) is 0 Å². The van der Waals surface area contributed by atoms with Crippen molar-refractivity contribution in [3.05, 3.63) is 54.6 Å². The molecule has 1 aromatic carbocycles. The van der Waals surface area contributed by atoms with Gasteiger partial charge in [-0.25, -0.2) is 4.98 Å². The van der Waals surface area contributed by atoms with Gasteiger partial charge in [0, 0.05) is 12.1 Å². The molecular formula is C21H24N2O4. The van der Waals surface area contributed by atoms with E-state index in [9.17, 15) is 4.79 Å². The van der Waals surface area contributed by atoms with Gasteiger partial charge in [0.15, 0.2) is 24.1 Å². The minimum Gasteiger partial charge on any atom is -0.443 e. The zero-order valence-corrected chi connectivity index (χ0v) is 15.3. The monoisotopic (exact) mass is 368 g/mol. The molecule has 0 spiro atoms. The van der Waals surface area contributed by atoms with Crippen LogP contribution in [0.15, 0.2) is 53.3 Å². The highest BCUT2D eigenvalue weighted by molar-refractivity contribution is 5.97. The lowest BCUT2D eigenvalue weighted by atomic mass is 9.94. The van der Waals surface area contributed by atoms with Crippen molar-refractivity contribution in [2.24, 2.45) is 5.92 Å². The van der Waals surface area contributed by atoms with E-state index in [0.29, 0.717) is 43.7 Å². The number of allylic oxidation sites excluding steroid dienone is 2. The highest BCUT2D eigenvalue weighted by Gasteiger charge is 2.29. The minimum atomic E-state index is -0.375. The van der Waals surface area contributed by atoms with Crippen LogP contribution in [-0.2, 0) is 9.47 Å². The number of nitrogens with zero attached hydrogens (tertiary/aromatic N) is 2. The average molecular weight is 368 g/mol. The van der Waals surface area contributed by atoms with Crippen LogP contribution in [0.5, 0.6) is 0 Å². The van der Waals surface area contributed by atoms with E-state index in [0.717, 1.165) is 24.8 Å². The summed E-state index contributed by atoms with van der Waals surface area (Å²) >= 11 is 0. The van der Waals surface area contributed by atoms with Crippen LogP contribution in [0.1, 0.15) is 29.8 Å². The first-order chi connectivity index (χ1) is 13.3. The number of carbonyl (C=O) groups excluding carboxylic acids is 1. The van der Waals surface area contributed by atoms with Gasteiger partial charge in [-0.15, -0.1) is 0 Å². The number of hydrogen-bond donors (Lipinski definition) is 0. The SMILES string of the molecule is O=C(c1ncoc1-c1ccccc1)N(CC1OCCO1)C[C@@H]1CC=CCC1. The topological polar surface area (TPSA) is 64.8 Å². The Morgan fingerprint density at radius 1 is 1.11 bits per heavy atom. The molecular weight excluding hydrogens is 344 g/mol. The molecule has 1 aromatic heterocycles. The summed E-state index contributed by atoms with van der Waals surface area (Å²) in [4.78, 5) is 19.4. The highest BCUT2D eigenvalue weighted by Crippen LogP contribution is 2.26. The molecule has 1 amide bonds. The van der Waals surface area contributed by atoms with Gasteiger partial charge in [-0.3, -0.25) is 4.79 Å². The summed E-state index contributed by atoms with van der Waals surface area (Å²) in [5, 5.41) is 0. The maximum atomic E-state index is 13.3. The largest absolute Gasteiger partial charge is 0.443 e. The Kier molecular flexibility index (Phi) is 5.65. The molecule has 6 heteroatoms. The normalized spacial score (nSPS) is 20.1. The van der Waals surface area contributed by atoms with Crippen molar-refractivity contribution in [2.45, 2.75) is 25.6 Å². The predicted molar refractivity (Wildman–Crippen MR) is 100 cm³/mol. The zero-order chi connectivity index (χ0) is 18.5. The summed E-state index contributed by atoms with van der Waals surface area (Å²) in [6, 6.07) is 9.59. The molecule has 1 aliphatic carbocycles. The van der Waals surface area contributed by atoms with Gasteiger partial charge >= 0.3 is 0 Å². The smallest absolute Gasteiger partial charge is 0.276 e. The van der Waals surface area contributed by atoms with Crippen LogP contribution in [0.25, 0.3) is 11.3 Å². The van der Waals surface area contributed by atoms with Crippen LogP contribution < -0.4 is 0 Å². The molecule has 1 fully saturated rings. The average Bonchev–Trinajstić information content (AvgIpc) is 3.40. The fourth-order valence-electron chi connectivity index (χ4n) is 3.61. The van der Waals surface area contributed by atoms with E-state index in [1.807, 2.05) is 35.2 Å². The van der Waals surface area contributed by atoms with E-state index < -0.39 is 0 Å². The number of amides is 1. The molecule has 2 aromatic rings. The van der Waals surface area contributed by atoms with Crippen LogP contribution in [0.2, 0.25) is 0 Å². The molecule has 142 valence electrons. The van der Waals surface area contributed by atoms with Crippen LogP contribution >= 0.6 is 0 Å². The van der Waals surface area contributed by atoms with E-state index in [1.54, 1.807) is 0 Å². The fourth-order valence-corrected chi connectivity index (χ4v) is 3.61. The Hall–Kier alpha value is -2.44. The molecule has 0 unspecified atom stereocenters. The van der Waals surface area contributed by atoms with Crippen molar-refractivity contribution < 1.29 is 18.7 Å². The summed E-state index contributed by atoms with van der Waals surface area (Å²) in [6.45, 7) is 2.20. The van der Waals surface area contributed by atoms with Crippen molar-refractivity contribution in [2.75, 3.05) is 26.3 Å². The van der Waals surface area contributed by atoms with Crippen LogP contribution in [0, 0.1) is 5.92 Å². The van der Waals surface area contributed by atoms with Gasteiger partial charge in [-0.05, 0) is 25.2 Å². The standard InChI is InChI=1S/C21H24N2O4/c24-21(19-20(27-15-22-19)17-9-5-2-6-10-17)23(14-18-25-11-12-26-18)13-16-7-3-1-4-8-16/h1-3,5-6,9-10,15-16,18H,4,7-8,11-14H2/t16-/m1/s1. The minimum absolute atomic E-state index is 0.142. The number of rotatable bonds is 6. The second kappa shape index (κ2) is 8.50. The van der Waals surface area contributed by atoms with E-state index in [2.05, 4.69) is 17.1 Å². The zero-order valence-electron chi connectivity index (χ0n) is 15.3. The van der Waals surface area contributed by atoms with Gasteiger partial charge in [0.2, 0.25) is 0 Å². The Labute approximate surface area is 158 Å². The lowest BCUT2D eigenvalue weighted by Gasteiger charge is -2.29. The first-order valence-electron chi connectivity index (χ1n) is 9.47. The Bertz CT molecular complexity index is 780. The Balaban J connectivity index is 1.56. The van der Waals surface area contributed by atoms with Gasteiger partial charge in [0.1, 0.15) is 0 Å². The quantitative estimate of drug-likeness (QED) is 0.730. The molecule has 6 nitrogen and oxygen atoms in total. The molecule has 0 saturated carbocycles. The van der Waals surface area contributed by atoms with Crippen molar-refractivity contribution >= 4 is 5.91 Å². The molecule has 1 saturated heterocycles. The van der Waals surface area contributed by atoms with Gasteiger partial charge in [-0.1, -0.05) is 42.5 Å². The Morgan fingerprint density at radius 3 is 2.67 bits per heavy atom. The molecule has 0 N–H and O–H groups in total. The highest BCUT2D eigenvalue weighted by atomic mass is 16.7. The van der Waals surface area contributed by atoms with E-state index in [-0.39, 0.29) is 12.2 Å². The second-order valence-electron chi connectivity index (χ2n) is 6.93. The van der Waals surface area contributed by atoms with Gasteiger partial charge < -0.3 is 18.8 Å². The van der Waals surface area contributed by atoms with E-state index in [1.165, 1.54) is 6.39 Å². The lowest BCUT2D eigenvalue weighted by molar-refractivity contribution is -0.0591. The van der Waals surface area contributed by atoms with E-state index >= 15 is 0 Å². The Morgan fingerprint density at radius 2 is 1.93 bits per heavy atom. The summed E-state index contributed by atoms with van der Waals surface area (Å²) in [5.41, 5.74) is 1.18. The number of carbonyl (C=O) groups is 1. The van der Waals surface area contributed by atoms with Crippen molar-refractivity contribution in [3.8, 4) is 11.3 Å². The molecule has 0 radical (unpaired) electrons. The van der Waals surface area contributed by atoms with Gasteiger partial charge in [-0.2, -0.15) is 0 Å². The molecule has 4 rings (SSSR count).